The van der Waals surface area contributed by atoms with E-state index in [1.807, 2.05) is 6.92 Å². The second-order valence-electron chi connectivity index (χ2n) is 7.78. The van der Waals surface area contributed by atoms with E-state index in [0.717, 1.165) is 24.3 Å². The van der Waals surface area contributed by atoms with Gasteiger partial charge in [-0.05, 0) is 0 Å². The molecule has 0 aliphatic heterocycles. The molecule has 0 aromatic carbocycles. The molecule has 2 saturated carbocycles. The summed E-state index contributed by atoms with van der Waals surface area (Å²) < 4.78 is 0. The first-order chi connectivity index (χ1) is 10.2. The number of nitrogens with one attached hydrogen (secondary N) is 1. The molecule has 0 radical (unpaired) electrons. The van der Waals surface area contributed by atoms with Crippen LogP contribution in [0.1, 0.15) is 67.2 Å². The van der Waals surface area contributed by atoms with Crippen molar-refractivity contribution in [3.63, 3.8) is 0 Å². The molecule has 0 aromatic heterocycles. The summed E-state index contributed by atoms with van der Waals surface area (Å²) in [6.45, 7) is 13.3. The van der Waals surface area contributed by atoms with Crippen LogP contribution in [-0.4, -0.2) is 31.8 Å². The van der Waals surface area contributed by atoms with E-state index < -0.39 is 0 Å². The minimum atomic E-state index is -0.0719. The fourth-order valence-electron chi connectivity index (χ4n) is 4.54. The van der Waals surface area contributed by atoms with Crippen LogP contribution in [0.25, 0.3) is 0 Å². The summed E-state index contributed by atoms with van der Waals surface area (Å²) >= 11 is 5.61. The Balaban J connectivity index is 2.16. The predicted molar refractivity (Wildman–Crippen MR) is 98.7 cm³/mol. The van der Waals surface area contributed by atoms with Crippen molar-refractivity contribution in [1.82, 2.24) is 5.32 Å². The van der Waals surface area contributed by atoms with E-state index in [0.29, 0.717) is 42.3 Å². The van der Waals surface area contributed by atoms with Crippen molar-refractivity contribution >= 4 is 37.9 Å². The van der Waals surface area contributed by atoms with Gasteiger partial charge in [-0.2, -0.15) is 0 Å². The summed E-state index contributed by atoms with van der Waals surface area (Å²) in [7, 11) is 0. The van der Waals surface area contributed by atoms with Crippen molar-refractivity contribution in [3.8, 4) is 0 Å². The molecule has 0 aromatic rings. The molecular formula is C18H31NOSSe. The number of carbonyl (C=O) groups is 1. The van der Waals surface area contributed by atoms with Gasteiger partial charge in [0, 0.05) is 0 Å². The number of Topliss-reactive ketones (excluding diaryl/α,β-unsaturated/α-hetero) is 1. The molecule has 2 rings (SSSR count). The van der Waals surface area contributed by atoms with E-state index in [4.69, 9.17) is 12.2 Å². The van der Waals surface area contributed by atoms with Crippen LogP contribution in [0.4, 0.5) is 0 Å². The molecule has 0 spiro atoms. The first kappa shape index (κ1) is 18.4. The van der Waals surface area contributed by atoms with E-state index in [-0.39, 0.29) is 10.8 Å². The van der Waals surface area contributed by atoms with E-state index in [9.17, 15) is 4.79 Å². The van der Waals surface area contributed by atoms with Crippen LogP contribution >= 0.6 is 12.2 Å². The number of rotatable bonds is 6. The Bertz CT molecular complexity index is 464. The van der Waals surface area contributed by atoms with Gasteiger partial charge in [-0.25, -0.2) is 0 Å². The molecule has 2 nitrogen and oxygen atoms in total. The average molecular weight is 388 g/mol. The monoisotopic (exact) mass is 389 g/mol. The van der Waals surface area contributed by atoms with Crippen molar-refractivity contribution < 1.29 is 4.79 Å². The van der Waals surface area contributed by atoms with E-state index in [2.05, 4.69) is 39.9 Å². The molecular weight excluding hydrogens is 357 g/mol. The molecule has 1 unspecified atom stereocenters. The number of thiocarbonyl (C=S) groups is 1. The zero-order valence-electron chi connectivity index (χ0n) is 14.9. The van der Waals surface area contributed by atoms with Crippen LogP contribution in [0.3, 0.4) is 0 Å². The van der Waals surface area contributed by atoms with Crippen molar-refractivity contribution in [3.05, 3.63) is 0 Å². The quantitative estimate of drug-likeness (QED) is 0.540. The standard InChI is InChI=1S/C18H31NOSSe/c1-7-13(19-11(3)21)14(8-2)22-15-12-9-10-18(6,16(15)20)17(12,4)5/h12-15H,7-10H2,1-6H3,(H,19,21)/t12-,13?,14-,15+,18+/m1/s1. The Kier molecular flexibility index (Phi) is 5.47. The summed E-state index contributed by atoms with van der Waals surface area (Å²) in [4.78, 5) is 14.9. The van der Waals surface area contributed by atoms with Gasteiger partial charge in [0.05, 0.1) is 0 Å². The maximum atomic E-state index is 13.1. The zero-order chi connectivity index (χ0) is 16.7. The van der Waals surface area contributed by atoms with Crippen molar-refractivity contribution in [2.24, 2.45) is 16.7 Å². The third-order valence-electron chi connectivity index (χ3n) is 6.47. The zero-order valence-corrected chi connectivity index (χ0v) is 17.4. The number of carbonyl (C=O) groups excluding carboxylic acids is 1. The molecule has 0 saturated heterocycles. The van der Waals surface area contributed by atoms with Gasteiger partial charge in [0.15, 0.2) is 0 Å². The summed E-state index contributed by atoms with van der Waals surface area (Å²) in [5.41, 5.74) is 0.113. The van der Waals surface area contributed by atoms with Crippen LogP contribution in [0.15, 0.2) is 0 Å². The second-order valence-corrected chi connectivity index (χ2v) is 11.3. The Labute approximate surface area is 147 Å². The normalized spacial score (nSPS) is 35.5. The molecule has 2 aliphatic carbocycles. The SMILES string of the molecule is CCC(NC(C)=S)[C@@H](CC)[Se][C@@H]1C(=O)[C@]2(C)CC[C@H]1C2(C)C. The van der Waals surface area contributed by atoms with Gasteiger partial charge in [-0.15, -0.1) is 0 Å². The van der Waals surface area contributed by atoms with Crippen molar-refractivity contribution in [2.45, 2.75) is 82.9 Å². The summed E-state index contributed by atoms with van der Waals surface area (Å²) in [5.74, 6) is 1.17. The van der Waals surface area contributed by atoms with Gasteiger partial charge in [0.1, 0.15) is 0 Å². The summed E-state index contributed by atoms with van der Waals surface area (Å²) in [6.07, 6.45) is 4.57. The van der Waals surface area contributed by atoms with Crippen LogP contribution in [0.2, 0.25) is 9.63 Å². The predicted octanol–water partition coefficient (Wildman–Crippen LogP) is 4.42. The molecule has 126 valence electrons. The van der Waals surface area contributed by atoms with Gasteiger partial charge in [-0.3, -0.25) is 0 Å². The molecule has 2 bridgehead atoms. The molecule has 0 amide bonds. The first-order valence-electron chi connectivity index (χ1n) is 8.65. The topological polar surface area (TPSA) is 29.1 Å². The number of ketones is 1. The van der Waals surface area contributed by atoms with Crippen molar-refractivity contribution in [2.75, 3.05) is 0 Å². The molecule has 2 fully saturated rings. The molecule has 4 heteroatoms. The van der Waals surface area contributed by atoms with Crippen LogP contribution in [-0.2, 0) is 4.79 Å². The Morgan fingerprint density at radius 2 is 2.00 bits per heavy atom. The van der Waals surface area contributed by atoms with Crippen molar-refractivity contribution in [1.29, 1.82) is 0 Å². The third-order valence-corrected chi connectivity index (χ3v) is 10.5. The van der Waals surface area contributed by atoms with Gasteiger partial charge in [0.25, 0.3) is 0 Å². The molecule has 0 heterocycles. The van der Waals surface area contributed by atoms with Gasteiger partial charge >= 0.3 is 148 Å². The molecule has 22 heavy (non-hydrogen) atoms. The first-order valence-corrected chi connectivity index (χ1v) is 11.0. The molecule has 5 atom stereocenters. The fourth-order valence-corrected chi connectivity index (χ4v) is 9.04. The maximum absolute atomic E-state index is 13.1. The summed E-state index contributed by atoms with van der Waals surface area (Å²) in [6, 6.07) is 0.436. The van der Waals surface area contributed by atoms with Gasteiger partial charge in [0.2, 0.25) is 0 Å². The van der Waals surface area contributed by atoms with Gasteiger partial charge < -0.3 is 0 Å². The van der Waals surface area contributed by atoms with Gasteiger partial charge in [-0.1, -0.05) is 0 Å². The van der Waals surface area contributed by atoms with E-state index in [1.54, 1.807) is 0 Å². The second kappa shape index (κ2) is 6.53. The average Bonchev–Trinajstić information content (AvgIpc) is 2.75. The van der Waals surface area contributed by atoms with E-state index >= 15 is 0 Å². The van der Waals surface area contributed by atoms with Crippen LogP contribution < -0.4 is 5.32 Å². The number of hydrogen-bond donors (Lipinski definition) is 1. The minimum absolute atomic E-state index is 0.0719. The molecule has 2 aliphatic rings. The molecule has 1 N–H and O–H groups in total. The fraction of sp³-hybridized carbons (Fsp3) is 0.889. The Hall–Kier alpha value is 0.0795. The Morgan fingerprint density at radius 1 is 1.36 bits per heavy atom. The van der Waals surface area contributed by atoms with E-state index in [1.165, 1.54) is 6.42 Å². The van der Waals surface area contributed by atoms with Crippen LogP contribution in [0, 0.1) is 16.7 Å². The number of hydrogen-bond acceptors (Lipinski definition) is 2. The van der Waals surface area contributed by atoms with Crippen LogP contribution in [0.5, 0.6) is 0 Å². The summed E-state index contributed by atoms with van der Waals surface area (Å²) in [5, 5.41) is 3.48. The number of fused-ring (bicyclic) bond motifs is 2. The Morgan fingerprint density at radius 3 is 2.41 bits per heavy atom. The third kappa shape index (κ3) is 2.80.